The third kappa shape index (κ3) is 4.83. The van der Waals surface area contributed by atoms with E-state index in [9.17, 15) is 9.32 Å². The fourth-order valence-corrected chi connectivity index (χ4v) is 2.13. The molecule has 3 unspecified atom stereocenters. The number of allylic oxidation sites excluding steroid dienone is 1. The number of hydrogen-bond acceptors (Lipinski definition) is 2. The summed E-state index contributed by atoms with van der Waals surface area (Å²) >= 11 is 0. The van der Waals surface area contributed by atoms with Crippen molar-refractivity contribution in [3.05, 3.63) is 12.2 Å². The van der Waals surface area contributed by atoms with Gasteiger partial charge in [-0.05, 0) is 39.5 Å². The molecule has 0 aliphatic rings. The van der Waals surface area contributed by atoms with Crippen LogP contribution >= 0.6 is 0 Å². The van der Waals surface area contributed by atoms with Crippen LogP contribution in [0.1, 0.15) is 40.5 Å². The molecule has 2 radical (unpaired) electrons. The summed E-state index contributed by atoms with van der Waals surface area (Å²) in [5, 5.41) is 9.82. The topological polar surface area (TPSA) is 37.3 Å². The van der Waals surface area contributed by atoms with Crippen LogP contribution in [0.25, 0.3) is 0 Å². The Balaban J connectivity index is 4.52. The highest BCUT2D eigenvalue weighted by molar-refractivity contribution is 7.87. The Morgan fingerprint density at radius 1 is 1.50 bits per heavy atom. The Kier molecular flexibility index (Phi) is 5.98. The van der Waals surface area contributed by atoms with E-state index >= 15 is 0 Å². The van der Waals surface area contributed by atoms with Crippen molar-refractivity contribution in [1.29, 1.82) is 0 Å². The van der Waals surface area contributed by atoms with Gasteiger partial charge in [-0.1, -0.05) is 19.1 Å². The molecule has 0 bridgehead atoms. The van der Waals surface area contributed by atoms with Crippen LogP contribution in [0.5, 0.6) is 0 Å². The highest BCUT2D eigenvalue weighted by Crippen LogP contribution is 2.26. The van der Waals surface area contributed by atoms with E-state index in [2.05, 4.69) is 0 Å². The molecule has 0 heterocycles. The zero-order valence-electron chi connectivity index (χ0n) is 11.0. The molecular weight excluding hydrogens is 219 g/mol. The lowest BCUT2D eigenvalue weighted by Gasteiger charge is -2.30. The zero-order chi connectivity index (χ0) is 13.0. The molecule has 2 nitrogen and oxygen atoms in total. The molecule has 0 saturated heterocycles. The molecule has 1 N–H and O–H groups in total. The Bertz CT molecular complexity index is 271. The highest BCUT2D eigenvalue weighted by atomic mass is 32.2. The molecule has 0 amide bonds. The first-order chi connectivity index (χ1) is 7.13. The lowest BCUT2D eigenvalue weighted by molar-refractivity contribution is 0.0205. The second-order valence-electron chi connectivity index (χ2n) is 5.00. The van der Waals surface area contributed by atoms with Gasteiger partial charge in [-0.15, -0.1) is 0 Å². The largest absolute Gasteiger partial charge is 0.390 e. The number of aliphatic hydroxyl groups is 1. The Morgan fingerprint density at radius 3 is 2.31 bits per heavy atom. The summed E-state index contributed by atoms with van der Waals surface area (Å²) < 4.78 is 10.8. The van der Waals surface area contributed by atoms with Gasteiger partial charge in [0.2, 0.25) is 0 Å². The van der Waals surface area contributed by atoms with Crippen LogP contribution in [0, 0.1) is 5.92 Å². The van der Waals surface area contributed by atoms with Crippen molar-refractivity contribution >= 4 is 18.6 Å². The maximum absolute atomic E-state index is 11.6. The van der Waals surface area contributed by atoms with Gasteiger partial charge in [0.05, 0.1) is 13.4 Å². The predicted octanol–water partition coefficient (Wildman–Crippen LogP) is 1.99. The zero-order valence-corrected chi connectivity index (χ0v) is 11.8. The summed E-state index contributed by atoms with van der Waals surface area (Å²) in [5.41, 5.74) is -0.716. The highest BCUT2D eigenvalue weighted by Gasteiger charge is 2.29. The van der Waals surface area contributed by atoms with Gasteiger partial charge in [0, 0.05) is 21.7 Å². The summed E-state index contributed by atoms with van der Waals surface area (Å²) in [6, 6.07) is 0. The molecule has 0 aromatic heterocycles. The van der Waals surface area contributed by atoms with Gasteiger partial charge in [-0.2, -0.15) is 0 Å². The fourth-order valence-electron chi connectivity index (χ4n) is 1.40. The first-order valence-corrected chi connectivity index (χ1v) is 7.18. The van der Waals surface area contributed by atoms with E-state index in [4.69, 9.17) is 7.85 Å². The quantitative estimate of drug-likeness (QED) is 0.571. The molecule has 0 aromatic rings. The maximum Gasteiger partial charge on any atom is 0.0985 e. The minimum Gasteiger partial charge on any atom is -0.390 e. The van der Waals surface area contributed by atoms with Crippen LogP contribution in [0.15, 0.2) is 12.2 Å². The van der Waals surface area contributed by atoms with E-state index in [1.807, 2.05) is 19.9 Å². The van der Waals surface area contributed by atoms with Crippen LogP contribution < -0.4 is 0 Å². The molecule has 0 aliphatic carbocycles. The van der Waals surface area contributed by atoms with Gasteiger partial charge < -0.3 is 5.11 Å². The van der Waals surface area contributed by atoms with Crippen molar-refractivity contribution in [2.45, 2.75) is 50.8 Å². The van der Waals surface area contributed by atoms with Crippen molar-refractivity contribution < 1.29 is 9.32 Å². The lowest BCUT2D eigenvalue weighted by atomic mass is 9.77. The van der Waals surface area contributed by atoms with Gasteiger partial charge in [-0.25, -0.2) is 0 Å². The van der Waals surface area contributed by atoms with Crippen molar-refractivity contribution in [3.63, 3.8) is 0 Å². The molecule has 0 rings (SSSR count). The third-order valence-corrected chi connectivity index (χ3v) is 4.57. The molecular formula is C12H23BO2S. The number of rotatable bonds is 6. The van der Waals surface area contributed by atoms with E-state index in [0.717, 1.165) is 6.42 Å². The van der Waals surface area contributed by atoms with Crippen LogP contribution in [-0.4, -0.2) is 33.7 Å². The predicted molar refractivity (Wildman–Crippen MR) is 72.1 cm³/mol. The van der Waals surface area contributed by atoms with E-state index in [0.29, 0.717) is 6.42 Å². The van der Waals surface area contributed by atoms with Gasteiger partial charge >= 0.3 is 0 Å². The number of hydrogen-bond donors (Lipinski definition) is 1. The average Bonchev–Trinajstić information content (AvgIpc) is 2.12. The molecule has 0 aromatic carbocycles. The molecule has 0 fully saturated rings. The van der Waals surface area contributed by atoms with E-state index in [1.165, 1.54) is 0 Å². The maximum atomic E-state index is 11.6. The minimum atomic E-state index is -1.10. The molecule has 0 saturated carbocycles. The van der Waals surface area contributed by atoms with Crippen LogP contribution in [0.4, 0.5) is 0 Å². The van der Waals surface area contributed by atoms with Crippen molar-refractivity contribution in [1.82, 2.24) is 0 Å². The molecule has 3 atom stereocenters. The standard InChI is InChI=1S/C12H23BO2S/c1-6-8-12(13,16(5)15)9-7-10(2)11(3,4)14/h6,8,10,14H,7,9H2,1-5H3. The van der Waals surface area contributed by atoms with E-state index in [-0.39, 0.29) is 5.92 Å². The van der Waals surface area contributed by atoms with E-state index < -0.39 is 21.0 Å². The molecule has 0 spiro atoms. The molecule has 4 heteroatoms. The molecule has 92 valence electrons. The normalized spacial score (nSPS) is 20.6. The second kappa shape index (κ2) is 6.01. The monoisotopic (exact) mass is 242 g/mol. The lowest BCUT2D eigenvalue weighted by Crippen LogP contribution is -2.35. The Hall–Kier alpha value is -0.0851. The van der Waals surface area contributed by atoms with Gasteiger partial charge in [0.1, 0.15) is 0 Å². The SMILES string of the molecule is [B]C(C=CC)(CCC(C)C(C)(C)O)S(C)=O. The minimum absolute atomic E-state index is 0.129. The van der Waals surface area contributed by atoms with Gasteiger partial charge in [0.25, 0.3) is 0 Å². The first kappa shape index (κ1) is 15.9. The van der Waals surface area contributed by atoms with Crippen LogP contribution in [-0.2, 0) is 10.8 Å². The summed E-state index contributed by atoms with van der Waals surface area (Å²) in [6.07, 6.45) is 6.61. The van der Waals surface area contributed by atoms with Crippen LogP contribution in [0.3, 0.4) is 0 Å². The van der Waals surface area contributed by atoms with Crippen molar-refractivity contribution in [2.24, 2.45) is 5.92 Å². The fraction of sp³-hybridized carbons (Fsp3) is 0.833. The second-order valence-corrected chi connectivity index (χ2v) is 6.67. The smallest absolute Gasteiger partial charge is 0.0985 e. The van der Waals surface area contributed by atoms with Crippen molar-refractivity contribution in [3.8, 4) is 0 Å². The summed E-state index contributed by atoms with van der Waals surface area (Å²) in [7, 11) is 4.97. The summed E-state index contributed by atoms with van der Waals surface area (Å²) in [6.45, 7) is 7.42. The molecule has 0 aliphatic heterocycles. The summed E-state index contributed by atoms with van der Waals surface area (Å²) in [4.78, 5) is 0. The Labute approximate surface area is 103 Å². The molecule has 16 heavy (non-hydrogen) atoms. The van der Waals surface area contributed by atoms with E-state index in [1.54, 1.807) is 26.2 Å². The van der Waals surface area contributed by atoms with Gasteiger partial charge in [0.15, 0.2) is 0 Å². The first-order valence-electron chi connectivity index (χ1n) is 5.62. The van der Waals surface area contributed by atoms with Crippen LogP contribution in [0.2, 0.25) is 0 Å². The van der Waals surface area contributed by atoms with Crippen molar-refractivity contribution in [2.75, 3.05) is 6.26 Å². The van der Waals surface area contributed by atoms with Gasteiger partial charge in [-0.3, -0.25) is 4.21 Å². The Morgan fingerprint density at radius 2 is 2.00 bits per heavy atom. The third-order valence-electron chi connectivity index (χ3n) is 3.16. The average molecular weight is 242 g/mol. The summed E-state index contributed by atoms with van der Waals surface area (Å²) in [5.74, 6) is 0.129.